The SMILES string of the molecule is CCCCC/C=C\C/C=C\CCCCCCCCCCCC(=O)OCC(COC(=O)CCCCCCCCC)OC(=O)CCCCCCC/C=C\CCCCCCCC. The zero-order valence-corrected chi connectivity index (χ0v) is 39.3. The van der Waals surface area contributed by atoms with Gasteiger partial charge in [0.25, 0.3) is 0 Å². The molecular weight excluding hydrogens is 733 g/mol. The minimum atomic E-state index is -0.772. The van der Waals surface area contributed by atoms with Crippen LogP contribution in [0.2, 0.25) is 0 Å². The Hall–Kier alpha value is -2.37. The third-order valence-corrected chi connectivity index (χ3v) is 11.1. The lowest BCUT2D eigenvalue weighted by molar-refractivity contribution is -0.167. The number of unbranched alkanes of at least 4 members (excludes halogenated alkanes) is 29. The minimum absolute atomic E-state index is 0.0751. The Balaban J connectivity index is 4.24. The van der Waals surface area contributed by atoms with Gasteiger partial charge >= 0.3 is 17.9 Å². The summed E-state index contributed by atoms with van der Waals surface area (Å²) in [5.74, 6) is -0.887. The van der Waals surface area contributed by atoms with E-state index >= 15 is 0 Å². The Labute approximate surface area is 365 Å². The number of hydrogen-bond donors (Lipinski definition) is 0. The van der Waals surface area contributed by atoms with E-state index in [9.17, 15) is 14.4 Å². The summed E-state index contributed by atoms with van der Waals surface area (Å²) >= 11 is 0. The number of ether oxygens (including phenoxy) is 3. The molecule has 0 bridgehead atoms. The molecule has 59 heavy (non-hydrogen) atoms. The first-order valence-electron chi connectivity index (χ1n) is 25.5. The molecule has 344 valence electrons. The highest BCUT2D eigenvalue weighted by atomic mass is 16.6. The van der Waals surface area contributed by atoms with Crippen molar-refractivity contribution in [3.63, 3.8) is 0 Å². The Morgan fingerprint density at radius 3 is 0.983 bits per heavy atom. The first kappa shape index (κ1) is 56.6. The van der Waals surface area contributed by atoms with Crippen LogP contribution in [0.1, 0.15) is 265 Å². The third-order valence-electron chi connectivity index (χ3n) is 11.1. The summed E-state index contributed by atoms with van der Waals surface area (Å²) in [6.07, 6.45) is 55.7. The van der Waals surface area contributed by atoms with Crippen molar-refractivity contribution in [1.82, 2.24) is 0 Å². The molecule has 0 saturated heterocycles. The van der Waals surface area contributed by atoms with Crippen molar-refractivity contribution in [2.45, 2.75) is 271 Å². The minimum Gasteiger partial charge on any atom is -0.462 e. The van der Waals surface area contributed by atoms with Crippen LogP contribution in [0.15, 0.2) is 36.5 Å². The van der Waals surface area contributed by atoms with Crippen LogP contribution in [0.25, 0.3) is 0 Å². The highest BCUT2D eigenvalue weighted by Crippen LogP contribution is 2.15. The zero-order chi connectivity index (χ0) is 43.0. The number of carbonyl (C=O) groups is 3. The van der Waals surface area contributed by atoms with Crippen molar-refractivity contribution in [3.05, 3.63) is 36.5 Å². The van der Waals surface area contributed by atoms with Crippen molar-refractivity contribution < 1.29 is 28.6 Å². The van der Waals surface area contributed by atoms with E-state index in [0.717, 1.165) is 70.6 Å². The summed E-state index contributed by atoms with van der Waals surface area (Å²) in [6.45, 7) is 6.57. The van der Waals surface area contributed by atoms with Crippen LogP contribution in [0, 0.1) is 0 Å². The van der Waals surface area contributed by atoms with Crippen molar-refractivity contribution in [2.24, 2.45) is 0 Å². The molecule has 0 fully saturated rings. The van der Waals surface area contributed by atoms with E-state index < -0.39 is 6.10 Å². The van der Waals surface area contributed by atoms with Gasteiger partial charge in [-0.1, -0.05) is 205 Å². The average Bonchev–Trinajstić information content (AvgIpc) is 3.23. The van der Waals surface area contributed by atoms with E-state index in [0.29, 0.717) is 19.3 Å². The van der Waals surface area contributed by atoms with E-state index in [4.69, 9.17) is 14.2 Å². The fourth-order valence-corrected chi connectivity index (χ4v) is 7.23. The highest BCUT2D eigenvalue weighted by molar-refractivity contribution is 5.71. The summed E-state index contributed by atoms with van der Waals surface area (Å²) in [7, 11) is 0. The second-order valence-corrected chi connectivity index (χ2v) is 17.1. The van der Waals surface area contributed by atoms with Gasteiger partial charge in [-0.25, -0.2) is 0 Å². The van der Waals surface area contributed by atoms with Crippen LogP contribution >= 0.6 is 0 Å². The molecular formula is C53H96O6. The largest absolute Gasteiger partial charge is 0.462 e. The molecule has 0 aliphatic heterocycles. The Bertz CT molecular complexity index is 1000. The molecule has 1 unspecified atom stereocenters. The Morgan fingerprint density at radius 1 is 0.339 bits per heavy atom. The van der Waals surface area contributed by atoms with Gasteiger partial charge < -0.3 is 14.2 Å². The standard InChI is InChI=1S/C53H96O6/c1-4-7-10-13-16-18-20-22-24-25-26-27-29-30-32-34-37-40-43-46-52(55)58-49-50(48-57-51(54)45-42-39-36-15-12-9-6-3)59-53(56)47-44-41-38-35-33-31-28-23-21-19-17-14-11-8-5-2/h16,18,22-24,28,50H,4-15,17,19-21,25-27,29-49H2,1-3H3/b18-16-,24-22-,28-23-. The normalized spacial score (nSPS) is 12.3. The smallest absolute Gasteiger partial charge is 0.306 e. The number of esters is 3. The molecule has 0 aliphatic rings. The van der Waals surface area contributed by atoms with Gasteiger partial charge in [-0.15, -0.1) is 0 Å². The van der Waals surface area contributed by atoms with Crippen LogP contribution in [-0.4, -0.2) is 37.2 Å². The van der Waals surface area contributed by atoms with Crippen LogP contribution in [0.5, 0.6) is 0 Å². The molecule has 0 aromatic rings. The fraction of sp³-hybridized carbons (Fsp3) is 0.830. The number of rotatable bonds is 46. The first-order chi connectivity index (χ1) is 29.0. The van der Waals surface area contributed by atoms with Crippen LogP contribution in [0.3, 0.4) is 0 Å². The van der Waals surface area contributed by atoms with Gasteiger partial charge in [-0.3, -0.25) is 14.4 Å². The van der Waals surface area contributed by atoms with Gasteiger partial charge in [-0.2, -0.15) is 0 Å². The van der Waals surface area contributed by atoms with Gasteiger partial charge in [0.05, 0.1) is 0 Å². The fourth-order valence-electron chi connectivity index (χ4n) is 7.23. The van der Waals surface area contributed by atoms with Gasteiger partial charge in [0, 0.05) is 19.3 Å². The lowest BCUT2D eigenvalue weighted by atomic mass is 10.1. The molecule has 1 atom stereocenters. The van der Waals surface area contributed by atoms with E-state index in [1.807, 2.05) is 0 Å². The number of allylic oxidation sites excluding steroid dienone is 6. The van der Waals surface area contributed by atoms with E-state index in [1.54, 1.807) is 0 Å². The lowest BCUT2D eigenvalue weighted by Gasteiger charge is -2.18. The molecule has 0 radical (unpaired) electrons. The van der Waals surface area contributed by atoms with Crippen LogP contribution < -0.4 is 0 Å². The Morgan fingerprint density at radius 2 is 0.610 bits per heavy atom. The van der Waals surface area contributed by atoms with E-state index in [1.165, 1.54) is 154 Å². The van der Waals surface area contributed by atoms with Gasteiger partial charge in [-0.05, 0) is 77.0 Å². The Kier molecular flexibility index (Phi) is 46.4. The number of hydrogen-bond acceptors (Lipinski definition) is 6. The molecule has 0 rings (SSSR count). The van der Waals surface area contributed by atoms with Crippen LogP contribution in [0.4, 0.5) is 0 Å². The lowest BCUT2D eigenvalue weighted by Crippen LogP contribution is -2.30. The summed E-state index contributed by atoms with van der Waals surface area (Å²) in [4.78, 5) is 37.8. The summed E-state index contributed by atoms with van der Waals surface area (Å²) in [6, 6.07) is 0. The predicted octanol–water partition coefficient (Wildman–Crippen LogP) is 16.5. The first-order valence-corrected chi connectivity index (χ1v) is 25.5. The van der Waals surface area contributed by atoms with Gasteiger partial charge in [0.1, 0.15) is 13.2 Å². The topological polar surface area (TPSA) is 78.9 Å². The van der Waals surface area contributed by atoms with E-state index in [-0.39, 0.29) is 31.1 Å². The molecule has 0 heterocycles. The maximum atomic E-state index is 12.7. The van der Waals surface area contributed by atoms with Crippen molar-refractivity contribution in [1.29, 1.82) is 0 Å². The summed E-state index contributed by atoms with van der Waals surface area (Å²) in [5, 5.41) is 0. The van der Waals surface area contributed by atoms with Crippen LogP contribution in [-0.2, 0) is 28.6 Å². The quantitative estimate of drug-likeness (QED) is 0.0263. The summed E-state index contributed by atoms with van der Waals surface area (Å²) < 4.78 is 16.7. The van der Waals surface area contributed by atoms with Crippen molar-refractivity contribution in [2.75, 3.05) is 13.2 Å². The second-order valence-electron chi connectivity index (χ2n) is 17.1. The number of carbonyl (C=O) groups excluding carboxylic acids is 3. The van der Waals surface area contributed by atoms with Crippen molar-refractivity contribution in [3.8, 4) is 0 Å². The predicted molar refractivity (Wildman–Crippen MR) is 252 cm³/mol. The molecule has 6 nitrogen and oxygen atoms in total. The monoisotopic (exact) mass is 829 g/mol. The molecule has 0 amide bonds. The van der Waals surface area contributed by atoms with Gasteiger partial charge in [0.2, 0.25) is 0 Å². The molecule has 0 saturated carbocycles. The van der Waals surface area contributed by atoms with Gasteiger partial charge in [0.15, 0.2) is 6.10 Å². The third kappa shape index (κ3) is 46.5. The molecule has 0 aromatic carbocycles. The van der Waals surface area contributed by atoms with Crippen molar-refractivity contribution >= 4 is 17.9 Å². The molecule has 6 heteroatoms. The van der Waals surface area contributed by atoms with E-state index in [2.05, 4.69) is 57.2 Å². The average molecular weight is 829 g/mol. The molecule has 0 aliphatic carbocycles. The molecule has 0 spiro atoms. The summed E-state index contributed by atoms with van der Waals surface area (Å²) in [5.41, 5.74) is 0. The second kappa shape index (κ2) is 48.3. The zero-order valence-electron chi connectivity index (χ0n) is 39.3. The maximum absolute atomic E-state index is 12.7. The molecule has 0 N–H and O–H groups in total. The highest BCUT2D eigenvalue weighted by Gasteiger charge is 2.19. The maximum Gasteiger partial charge on any atom is 0.306 e. The molecule has 0 aromatic heterocycles.